The number of aliphatic imine (C=N–C) groups is 1. The zero-order valence-corrected chi connectivity index (χ0v) is 17.5. The molecule has 0 spiro atoms. The van der Waals surface area contributed by atoms with Crippen molar-refractivity contribution in [1.29, 1.82) is 0 Å². The molecule has 29 heavy (non-hydrogen) atoms. The fourth-order valence-corrected chi connectivity index (χ4v) is 3.43. The van der Waals surface area contributed by atoms with Gasteiger partial charge in [-0.3, -0.25) is 4.79 Å². The molecule has 4 N–H and O–H groups in total. The van der Waals surface area contributed by atoms with Gasteiger partial charge in [0.05, 0.1) is 12.5 Å². The summed E-state index contributed by atoms with van der Waals surface area (Å²) in [6.45, 7) is 11.2. The molecule has 1 unspecified atom stereocenters. The lowest BCUT2D eigenvalue weighted by Crippen LogP contribution is -2.43. The SMILES string of the molecule is C=CCOc1ccccc1CN=C(NCC)NCCCN1CCCC(C(N)=O)C1. The van der Waals surface area contributed by atoms with Crippen molar-refractivity contribution in [3.63, 3.8) is 0 Å². The fourth-order valence-electron chi connectivity index (χ4n) is 3.43. The number of hydrogen-bond acceptors (Lipinski definition) is 4. The molecule has 1 atom stereocenters. The zero-order chi connectivity index (χ0) is 20.9. The molecule has 0 bridgehead atoms. The normalized spacial score (nSPS) is 17.6. The lowest BCUT2D eigenvalue weighted by molar-refractivity contribution is -0.123. The maximum atomic E-state index is 11.4. The number of piperidine rings is 1. The molecule has 1 aliphatic rings. The Balaban J connectivity index is 1.81. The van der Waals surface area contributed by atoms with Crippen LogP contribution in [0.5, 0.6) is 5.75 Å². The van der Waals surface area contributed by atoms with E-state index in [0.717, 1.165) is 69.3 Å². The number of nitrogens with one attached hydrogen (secondary N) is 2. The van der Waals surface area contributed by atoms with Crippen LogP contribution in [-0.4, -0.2) is 56.1 Å². The van der Waals surface area contributed by atoms with Gasteiger partial charge in [-0.1, -0.05) is 30.9 Å². The lowest BCUT2D eigenvalue weighted by atomic mass is 9.97. The van der Waals surface area contributed by atoms with Gasteiger partial charge in [-0.05, 0) is 45.3 Å². The summed E-state index contributed by atoms with van der Waals surface area (Å²) >= 11 is 0. The second-order valence-corrected chi connectivity index (χ2v) is 7.23. The first-order valence-corrected chi connectivity index (χ1v) is 10.5. The first-order valence-electron chi connectivity index (χ1n) is 10.5. The number of nitrogens with zero attached hydrogens (tertiary/aromatic N) is 2. The van der Waals surface area contributed by atoms with Crippen molar-refractivity contribution in [2.45, 2.75) is 32.7 Å². The average Bonchev–Trinajstić information content (AvgIpc) is 2.74. The predicted molar refractivity (Wildman–Crippen MR) is 118 cm³/mol. The van der Waals surface area contributed by atoms with Gasteiger partial charge in [0.15, 0.2) is 5.96 Å². The number of primary amides is 1. The highest BCUT2D eigenvalue weighted by Gasteiger charge is 2.23. The number of carbonyl (C=O) groups excluding carboxylic acids is 1. The highest BCUT2D eigenvalue weighted by atomic mass is 16.5. The number of likely N-dealkylation sites (tertiary alicyclic amines) is 1. The van der Waals surface area contributed by atoms with E-state index in [1.54, 1.807) is 6.08 Å². The van der Waals surface area contributed by atoms with Gasteiger partial charge in [-0.15, -0.1) is 0 Å². The number of para-hydroxylation sites is 1. The van der Waals surface area contributed by atoms with E-state index in [4.69, 9.17) is 10.5 Å². The number of carbonyl (C=O) groups is 1. The Kier molecular flexibility index (Phi) is 10.1. The van der Waals surface area contributed by atoms with Gasteiger partial charge in [0.2, 0.25) is 5.91 Å². The van der Waals surface area contributed by atoms with Gasteiger partial charge < -0.3 is 26.0 Å². The third kappa shape index (κ3) is 8.15. The predicted octanol–water partition coefficient (Wildman–Crippen LogP) is 1.89. The molecule has 2 rings (SSSR count). The molecule has 7 nitrogen and oxygen atoms in total. The van der Waals surface area contributed by atoms with E-state index < -0.39 is 0 Å². The maximum Gasteiger partial charge on any atom is 0.221 e. The first kappa shape index (κ1) is 22.7. The smallest absolute Gasteiger partial charge is 0.221 e. The zero-order valence-electron chi connectivity index (χ0n) is 17.5. The Morgan fingerprint density at radius 3 is 3.00 bits per heavy atom. The van der Waals surface area contributed by atoms with Crippen LogP contribution < -0.4 is 21.1 Å². The fraction of sp³-hybridized carbons (Fsp3) is 0.545. The quantitative estimate of drug-likeness (QED) is 0.228. The van der Waals surface area contributed by atoms with E-state index in [1.165, 1.54) is 0 Å². The molecule has 1 aromatic carbocycles. The van der Waals surface area contributed by atoms with Gasteiger partial charge in [-0.2, -0.15) is 0 Å². The monoisotopic (exact) mass is 401 g/mol. The van der Waals surface area contributed by atoms with Gasteiger partial charge >= 0.3 is 0 Å². The van der Waals surface area contributed by atoms with Crippen molar-refractivity contribution in [1.82, 2.24) is 15.5 Å². The topological polar surface area (TPSA) is 92.0 Å². The van der Waals surface area contributed by atoms with Crippen LogP contribution in [0.3, 0.4) is 0 Å². The molecule has 160 valence electrons. The van der Waals surface area contributed by atoms with Crippen LogP contribution in [0, 0.1) is 5.92 Å². The van der Waals surface area contributed by atoms with E-state index in [-0.39, 0.29) is 11.8 Å². The second-order valence-electron chi connectivity index (χ2n) is 7.23. The molecule has 7 heteroatoms. The third-order valence-corrected chi connectivity index (χ3v) is 4.93. The van der Waals surface area contributed by atoms with Gasteiger partial charge in [0.1, 0.15) is 12.4 Å². The van der Waals surface area contributed by atoms with Crippen LogP contribution in [0.15, 0.2) is 41.9 Å². The molecule has 0 aromatic heterocycles. The van der Waals surface area contributed by atoms with Crippen molar-refractivity contribution in [3.8, 4) is 5.75 Å². The van der Waals surface area contributed by atoms with Crippen molar-refractivity contribution < 1.29 is 9.53 Å². The molecule has 0 radical (unpaired) electrons. The van der Waals surface area contributed by atoms with E-state index in [0.29, 0.717) is 13.2 Å². The second kappa shape index (κ2) is 12.8. The highest BCUT2D eigenvalue weighted by Crippen LogP contribution is 2.19. The van der Waals surface area contributed by atoms with Crippen LogP contribution >= 0.6 is 0 Å². The van der Waals surface area contributed by atoms with Crippen molar-refractivity contribution >= 4 is 11.9 Å². The van der Waals surface area contributed by atoms with Crippen LogP contribution in [0.4, 0.5) is 0 Å². The lowest BCUT2D eigenvalue weighted by Gasteiger charge is -2.31. The van der Waals surface area contributed by atoms with Crippen LogP contribution in [0.25, 0.3) is 0 Å². The number of amides is 1. The summed E-state index contributed by atoms with van der Waals surface area (Å²) < 4.78 is 5.70. The Labute approximate surface area is 174 Å². The summed E-state index contributed by atoms with van der Waals surface area (Å²) in [6, 6.07) is 7.92. The molecule has 0 aliphatic carbocycles. The minimum atomic E-state index is -0.174. The molecular weight excluding hydrogens is 366 g/mol. The summed E-state index contributed by atoms with van der Waals surface area (Å²) in [5, 5.41) is 6.67. The van der Waals surface area contributed by atoms with Crippen molar-refractivity contribution in [2.75, 3.05) is 39.3 Å². The molecule has 1 fully saturated rings. The summed E-state index contributed by atoms with van der Waals surface area (Å²) in [7, 11) is 0. The molecular formula is C22H35N5O2. The van der Waals surface area contributed by atoms with E-state index in [2.05, 4.69) is 34.0 Å². The molecule has 1 aliphatic heterocycles. The van der Waals surface area contributed by atoms with E-state index in [1.807, 2.05) is 24.3 Å². The van der Waals surface area contributed by atoms with E-state index in [9.17, 15) is 4.79 Å². The van der Waals surface area contributed by atoms with E-state index >= 15 is 0 Å². The summed E-state index contributed by atoms with van der Waals surface area (Å²) in [5.41, 5.74) is 6.50. The average molecular weight is 402 g/mol. The first-order chi connectivity index (χ1) is 14.1. The van der Waals surface area contributed by atoms with Gasteiger partial charge in [0, 0.05) is 25.2 Å². The van der Waals surface area contributed by atoms with Crippen LogP contribution in [-0.2, 0) is 11.3 Å². The number of guanidine groups is 1. The molecule has 1 saturated heterocycles. The molecule has 1 aromatic rings. The highest BCUT2D eigenvalue weighted by molar-refractivity contribution is 5.79. The largest absolute Gasteiger partial charge is 0.489 e. The molecule has 0 saturated carbocycles. The number of benzene rings is 1. The minimum absolute atomic E-state index is 0.000956. The minimum Gasteiger partial charge on any atom is -0.489 e. The van der Waals surface area contributed by atoms with Crippen molar-refractivity contribution in [3.05, 3.63) is 42.5 Å². The summed E-state index contributed by atoms with van der Waals surface area (Å²) in [5.74, 6) is 1.45. The van der Waals surface area contributed by atoms with Crippen LogP contribution in [0.1, 0.15) is 31.7 Å². The Hall–Kier alpha value is -2.54. The Morgan fingerprint density at radius 1 is 1.41 bits per heavy atom. The Morgan fingerprint density at radius 2 is 2.24 bits per heavy atom. The summed E-state index contributed by atoms with van der Waals surface area (Å²) in [6.07, 6.45) is 4.67. The maximum absolute atomic E-state index is 11.4. The van der Waals surface area contributed by atoms with Gasteiger partial charge in [0.25, 0.3) is 0 Å². The number of rotatable bonds is 11. The van der Waals surface area contributed by atoms with Gasteiger partial charge in [-0.25, -0.2) is 4.99 Å². The standard InChI is InChI=1S/C22H35N5O2/c1-3-15-29-20-11-6-5-9-18(20)16-26-22(24-4-2)25-12-8-14-27-13-7-10-19(17-27)21(23)28/h3,5-6,9,11,19H,1,4,7-8,10,12-17H2,2H3,(H2,23,28)(H2,24,25,26). The molecule has 1 heterocycles. The number of nitrogens with two attached hydrogens (primary N) is 1. The number of ether oxygens (including phenoxy) is 1. The third-order valence-electron chi connectivity index (χ3n) is 4.93. The Bertz CT molecular complexity index is 677. The molecule has 1 amide bonds. The summed E-state index contributed by atoms with van der Waals surface area (Å²) in [4.78, 5) is 18.4. The number of hydrogen-bond donors (Lipinski definition) is 3. The van der Waals surface area contributed by atoms with Crippen molar-refractivity contribution in [2.24, 2.45) is 16.6 Å². The van der Waals surface area contributed by atoms with Crippen LogP contribution in [0.2, 0.25) is 0 Å².